The molecule has 0 aliphatic rings. The summed E-state index contributed by atoms with van der Waals surface area (Å²) in [4.78, 5) is 4.34. The molecule has 96 valence electrons. The van der Waals surface area contributed by atoms with E-state index in [9.17, 15) is 0 Å². The lowest BCUT2D eigenvalue weighted by Gasteiger charge is -2.25. The van der Waals surface area contributed by atoms with Gasteiger partial charge in [0.2, 0.25) is 0 Å². The van der Waals surface area contributed by atoms with Crippen molar-refractivity contribution in [2.45, 2.75) is 33.6 Å². The lowest BCUT2D eigenvalue weighted by atomic mass is 9.88. The number of pyridine rings is 1. The molecular formula is C13H20BrClN2. The second-order valence-electron chi connectivity index (χ2n) is 5.13. The number of nitrogens with one attached hydrogen (secondary N) is 1. The van der Waals surface area contributed by atoms with Crippen molar-refractivity contribution in [3.8, 4) is 0 Å². The fourth-order valence-corrected chi connectivity index (χ4v) is 1.95. The molecule has 0 unspecified atom stereocenters. The Bertz CT molecular complexity index is 366. The third kappa shape index (κ3) is 5.26. The van der Waals surface area contributed by atoms with Crippen LogP contribution in [0.25, 0.3) is 0 Å². The summed E-state index contributed by atoms with van der Waals surface area (Å²) in [6.07, 6.45) is 4.02. The molecule has 0 aliphatic carbocycles. The van der Waals surface area contributed by atoms with Crippen molar-refractivity contribution in [2.75, 3.05) is 17.7 Å². The number of rotatable bonds is 6. The molecule has 1 N–H and O–H groups in total. The number of hydrogen-bond donors (Lipinski definition) is 1. The van der Waals surface area contributed by atoms with Crippen molar-refractivity contribution in [2.24, 2.45) is 5.41 Å². The smallest absolute Gasteiger partial charge is 0.126 e. The second kappa shape index (κ2) is 6.60. The van der Waals surface area contributed by atoms with Crippen molar-refractivity contribution < 1.29 is 0 Å². The maximum atomic E-state index is 5.72. The number of halogens is 2. The molecule has 0 saturated heterocycles. The van der Waals surface area contributed by atoms with Crippen LogP contribution in [0.1, 0.15) is 32.3 Å². The van der Waals surface area contributed by atoms with Crippen LogP contribution in [0.2, 0.25) is 0 Å². The SMILES string of the molecule is Cc1cc(NCC(C)(C)CCCCl)ncc1Br. The van der Waals surface area contributed by atoms with E-state index < -0.39 is 0 Å². The molecule has 0 aliphatic heterocycles. The van der Waals surface area contributed by atoms with Crippen LogP contribution in [0.5, 0.6) is 0 Å². The van der Waals surface area contributed by atoms with Crippen LogP contribution >= 0.6 is 27.5 Å². The molecule has 1 aromatic rings. The van der Waals surface area contributed by atoms with E-state index in [2.05, 4.69) is 53.1 Å². The summed E-state index contributed by atoms with van der Waals surface area (Å²) >= 11 is 9.17. The van der Waals surface area contributed by atoms with E-state index in [1.165, 1.54) is 5.56 Å². The Hall–Kier alpha value is -0.280. The molecule has 1 heterocycles. The highest BCUT2D eigenvalue weighted by molar-refractivity contribution is 9.10. The zero-order valence-electron chi connectivity index (χ0n) is 10.7. The second-order valence-corrected chi connectivity index (χ2v) is 6.36. The molecule has 0 bridgehead atoms. The van der Waals surface area contributed by atoms with Gasteiger partial charge in [-0.3, -0.25) is 0 Å². The zero-order valence-corrected chi connectivity index (χ0v) is 13.0. The molecule has 17 heavy (non-hydrogen) atoms. The predicted octanol–water partition coefficient (Wildman–Crippen LogP) is 4.61. The average molecular weight is 320 g/mol. The van der Waals surface area contributed by atoms with E-state index in [0.717, 1.165) is 35.6 Å². The van der Waals surface area contributed by atoms with Crippen LogP contribution < -0.4 is 5.32 Å². The minimum Gasteiger partial charge on any atom is -0.370 e. The first-order chi connectivity index (χ1) is 7.94. The Morgan fingerprint density at radius 2 is 2.18 bits per heavy atom. The quantitative estimate of drug-likeness (QED) is 0.775. The van der Waals surface area contributed by atoms with Gasteiger partial charge in [-0.25, -0.2) is 4.98 Å². The lowest BCUT2D eigenvalue weighted by Crippen LogP contribution is -2.23. The Kier molecular flexibility index (Phi) is 5.74. The van der Waals surface area contributed by atoms with Crippen molar-refractivity contribution in [1.29, 1.82) is 0 Å². The topological polar surface area (TPSA) is 24.9 Å². The van der Waals surface area contributed by atoms with Crippen LogP contribution in [0.3, 0.4) is 0 Å². The fraction of sp³-hybridized carbons (Fsp3) is 0.615. The van der Waals surface area contributed by atoms with Gasteiger partial charge in [0.05, 0.1) is 0 Å². The van der Waals surface area contributed by atoms with Gasteiger partial charge in [-0.05, 0) is 52.7 Å². The first-order valence-electron chi connectivity index (χ1n) is 5.86. The van der Waals surface area contributed by atoms with Crippen LogP contribution in [0.15, 0.2) is 16.7 Å². The molecule has 2 nitrogen and oxygen atoms in total. The molecule has 0 fully saturated rings. The number of hydrogen-bond acceptors (Lipinski definition) is 2. The first-order valence-corrected chi connectivity index (χ1v) is 7.19. The summed E-state index contributed by atoms with van der Waals surface area (Å²) in [5, 5.41) is 3.39. The predicted molar refractivity (Wildman–Crippen MR) is 78.9 cm³/mol. The van der Waals surface area contributed by atoms with E-state index in [0.29, 0.717) is 0 Å². The molecule has 0 atom stereocenters. The third-order valence-corrected chi connectivity index (χ3v) is 3.88. The van der Waals surface area contributed by atoms with Crippen LogP contribution in [0, 0.1) is 12.3 Å². The van der Waals surface area contributed by atoms with Gasteiger partial charge in [0, 0.05) is 23.1 Å². The highest BCUT2D eigenvalue weighted by Crippen LogP contribution is 2.24. The number of alkyl halides is 1. The summed E-state index contributed by atoms with van der Waals surface area (Å²) in [6.45, 7) is 7.48. The van der Waals surface area contributed by atoms with Gasteiger partial charge in [0.25, 0.3) is 0 Å². The zero-order chi connectivity index (χ0) is 12.9. The summed E-state index contributed by atoms with van der Waals surface area (Å²) in [6, 6.07) is 2.06. The number of anilines is 1. The first kappa shape index (κ1) is 14.8. The van der Waals surface area contributed by atoms with Gasteiger partial charge >= 0.3 is 0 Å². The summed E-state index contributed by atoms with van der Waals surface area (Å²) in [7, 11) is 0. The number of aryl methyl sites for hydroxylation is 1. The Balaban J connectivity index is 2.51. The lowest BCUT2D eigenvalue weighted by molar-refractivity contribution is 0.355. The third-order valence-electron chi connectivity index (χ3n) is 2.78. The molecule has 1 rings (SSSR count). The van der Waals surface area contributed by atoms with Crippen molar-refractivity contribution >= 4 is 33.3 Å². The Morgan fingerprint density at radius 1 is 1.47 bits per heavy atom. The molecule has 0 radical (unpaired) electrons. The van der Waals surface area contributed by atoms with Gasteiger partial charge in [-0.2, -0.15) is 0 Å². The van der Waals surface area contributed by atoms with Gasteiger partial charge in [0.15, 0.2) is 0 Å². The van der Waals surface area contributed by atoms with E-state index in [4.69, 9.17) is 11.6 Å². The standard InChI is InChI=1S/C13H20BrClN2/c1-10-7-12(16-8-11(10)14)17-9-13(2,3)5-4-6-15/h7-8H,4-6,9H2,1-3H3,(H,16,17). The average Bonchev–Trinajstić information content (AvgIpc) is 2.28. The maximum Gasteiger partial charge on any atom is 0.126 e. The number of nitrogens with zero attached hydrogens (tertiary/aromatic N) is 1. The van der Waals surface area contributed by atoms with Gasteiger partial charge in [-0.15, -0.1) is 11.6 Å². The van der Waals surface area contributed by atoms with Gasteiger partial charge < -0.3 is 5.32 Å². The Morgan fingerprint density at radius 3 is 2.76 bits per heavy atom. The molecule has 0 amide bonds. The summed E-state index contributed by atoms with van der Waals surface area (Å²) in [5.74, 6) is 1.67. The molecular weight excluding hydrogens is 300 g/mol. The van der Waals surface area contributed by atoms with E-state index in [1.54, 1.807) is 0 Å². The Labute approximate surface area is 117 Å². The van der Waals surface area contributed by atoms with Crippen LogP contribution in [-0.2, 0) is 0 Å². The van der Waals surface area contributed by atoms with Crippen molar-refractivity contribution in [1.82, 2.24) is 4.98 Å². The molecule has 4 heteroatoms. The summed E-state index contributed by atoms with van der Waals surface area (Å²) in [5.41, 5.74) is 1.44. The van der Waals surface area contributed by atoms with Gasteiger partial charge in [-0.1, -0.05) is 13.8 Å². The fourth-order valence-electron chi connectivity index (χ4n) is 1.60. The van der Waals surface area contributed by atoms with Crippen LogP contribution in [-0.4, -0.2) is 17.4 Å². The minimum atomic E-state index is 0.248. The van der Waals surface area contributed by atoms with E-state index in [1.807, 2.05) is 6.20 Å². The normalized spacial score (nSPS) is 11.6. The van der Waals surface area contributed by atoms with E-state index >= 15 is 0 Å². The largest absolute Gasteiger partial charge is 0.370 e. The maximum absolute atomic E-state index is 5.72. The minimum absolute atomic E-state index is 0.248. The molecule has 1 aromatic heterocycles. The van der Waals surface area contributed by atoms with Gasteiger partial charge in [0.1, 0.15) is 5.82 Å². The molecule has 0 spiro atoms. The van der Waals surface area contributed by atoms with Crippen molar-refractivity contribution in [3.05, 3.63) is 22.3 Å². The molecule has 0 saturated carbocycles. The highest BCUT2D eigenvalue weighted by atomic mass is 79.9. The monoisotopic (exact) mass is 318 g/mol. The van der Waals surface area contributed by atoms with Crippen molar-refractivity contribution in [3.63, 3.8) is 0 Å². The number of aromatic nitrogens is 1. The van der Waals surface area contributed by atoms with E-state index in [-0.39, 0.29) is 5.41 Å². The molecule has 0 aromatic carbocycles. The highest BCUT2D eigenvalue weighted by Gasteiger charge is 2.17. The summed E-state index contributed by atoms with van der Waals surface area (Å²) < 4.78 is 1.05. The van der Waals surface area contributed by atoms with Crippen LogP contribution in [0.4, 0.5) is 5.82 Å².